The van der Waals surface area contributed by atoms with Gasteiger partial charge in [-0.1, -0.05) is 0 Å². The van der Waals surface area contributed by atoms with Crippen molar-refractivity contribution in [2.45, 2.75) is 18.9 Å². The van der Waals surface area contributed by atoms with Crippen molar-refractivity contribution in [1.29, 1.82) is 0 Å². The Kier molecular flexibility index (Phi) is 3.78. The first-order valence-electron chi connectivity index (χ1n) is 6.08. The van der Waals surface area contributed by atoms with Gasteiger partial charge in [0.25, 0.3) is 0 Å². The zero-order valence-corrected chi connectivity index (χ0v) is 9.56. The number of likely N-dealkylation sites (tertiary alicyclic amines) is 1. The second kappa shape index (κ2) is 5.12. The van der Waals surface area contributed by atoms with Crippen LogP contribution in [0, 0.1) is 11.8 Å². The van der Waals surface area contributed by atoms with Crippen molar-refractivity contribution in [2.24, 2.45) is 17.6 Å². The van der Waals surface area contributed by atoms with Crippen molar-refractivity contribution < 1.29 is 9.90 Å². The van der Waals surface area contributed by atoms with Gasteiger partial charge in [-0.15, -0.1) is 0 Å². The number of aliphatic hydroxyl groups excluding tert-OH is 1. The van der Waals surface area contributed by atoms with Gasteiger partial charge in [0.05, 0.1) is 12.6 Å². The smallest absolute Gasteiger partial charge is 0.234 e. The van der Waals surface area contributed by atoms with E-state index < -0.39 is 0 Å². The summed E-state index contributed by atoms with van der Waals surface area (Å²) in [6, 6.07) is 0. The van der Waals surface area contributed by atoms with Gasteiger partial charge >= 0.3 is 0 Å². The van der Waals surface area contributed by atoms with Crippen LogP contribution < -0.4 is 11.1 Å². The predicted molar refractivity (Wildman–Crippen MR) is 60.7 cm³/mol. The number of aliphatic hydroxyl groups is 1. The Morgan fingerprint density at radius 1 is 1.44 bits per heavy atom. The SMILES string of the molecule is NCCNC(=O)CN1CC2CCC(O)C2C1. The maximum atomic E-state index is 11.5. The number of rotatable bonds is 4. The molecule has 16 heavy (non-hydrogen) atoms. The van der Waals surface area contributed by atoms with Gasteiger partial charge in [-0.3, -0.25) is 9.69 Å². The number of amides is 1. The van der Waals surface area contributed by atoms with E-state index in [2.05, 4.69) is 10.2 Å². The highest BCUT2D eigenvalue weighted by atomic mass is 16.3. The third kappa shape index (κ3) is 2.53. The fourth-order valence-electron chi connectivity index (χ4n) is 2.93. The Labute approximate surface area is 96.0 Å². The first-order valence-corrected chi connectivity index (χ1v) is 6.08. The quantitative estimate of drug-likeness (QED) is 0.561. The fourth-order valence-corrected chi connectivity index (χ4v) is 2.93. The lowest BCUT2D eigenvalue weighted by Crippen LogP contribution is -2.38. The molecule has 2 rings (SSSR count). The van der Waals surface area contributed by atoms with E-state index in [-0.39, 0.29) is 12.0 Å². The molecule has 3 unspecified atom stereocenters. The number of nitrogens with zero attached hydrogens (tertiary/aromatic N) is 1. The Hall–Kier alpha value is -0.650. The summed E-state index contributed by atoms with van der Waals surface area (Å²) in [6.07, 6.45) is 1.89. The summed E-state index contributed by atoms with van der Waals surface area (Å²) in [6.45, 7) is 3.29. The summed E-state index contributed by atoms with van der Waals surface area (Å²) in [5, 5.41) is 12.5. The number of nitrogens with two attached hydrogens (primary N) is 1. The molecular weight excluding hydrogens is 206 g/mol. The molecular formula is C11H21N3O2. The van der Waals surface area contributed by atoms with Crippen LogP contribution in [-0.4, -0.2) is 54.7 Å². The molecule has 0 aromatic carbocycles. The standard InChI is InChI=1S/C11H21N3O2/c12-3-4-13-11(16)7-14-5-8-1-2-10(15)9(8)6-14/h8-10,15H,1-7,12H2,(H,13,16). The van der Waals surface area contributed by atoms with Gasteiger partial charge < -0.3 is 16.2 Å². The molecule has 2 fully saturated rings. The summed E-state index contributed by atoms with van der Waals surface area (Å²) in [4.78, 5) is 13.6. The largest absolute Gasteiger partial charge is 0.393 e. The molecule has 2 aliphatic rings. The van der Waals surface area contributed by atoms with Crippen LogP contribution in [0.5, 0.6) is 0 Å². The Bertz CT molecular complexity index is 260. The van der Waals surface area contributed by atoms with Gasteiger partial charge in [-0.25, -0.2) is 0 Å². The molecule has 1 aliphatic heterocycles. The molecule has 0 aromatic rings. The van der Waals surface area contributed by atoms with Gasteiger partial charge in [-0.05, 0) is 18.8 Å². The van der Waals surface area contributed by atoms with Crippen LogP contribution in [-0.2, 0) is 4.79 Å². The number of hydrogen-bond acceptors (Lipinski definition) is 4. The monoisotopic (exact) mass is 227 g/mol. The lowest BCUT2D eigenvalue weighted by atomic mass is 10.00. The average Bonchev–Trinajstić information content (AvgIpc) is 2.78. The molecule has 0 radical (unpaired) electrons. The molecule has 5 nitrogen and oxygen atoms in total. The van der Waals surface area contributed by atoms with Crippen molar-refractivity contribution in [1.82, 2.24) is 10.2 Å². The topological polar surface area (TPSA) is 78.6 Å². The summed E-state index contributed by atoms with van der Waals surface area (Å²) in [7, 11) is 0. The molecule has 92 valence electrons. The molecule has 1 saturated heterocycles. The van der Waals surface area contributed by atoms with Crippen molar-refractivity contribution in [3.63, 3.8) is 0 Å². The van der Waals surface area contributed by atoms with Crippen molar-refractivity contribution in [2.75, 3.05) is 32.7 Å². The lowest BCUT2D eigenvalue weighted by Gasteiger charge is -2.17. The highest BCUT2D eigenvalue weighted by molar-refractivity contribution is 5.78. The van der Waals surface area contributed by atoms with Gasteiger partial charge in [0, 0.05) is 32.1 Å². The van der Waals surface area contributed by atoms with Crippen LogP contribution in [0.2, 0.25) is 0 Å². The highest BCUT2D eigenvalue weighted by Crippen LogP contribution is 2.37. The van der Waals surface area contributed by atoms with Gasteiger partial charge in [0.2, 0.25) is 5.91 Å². The molecule has 4 N–H and O–H groups in total. The van der Waals surface area contributed by atoms with Gasteiger partial charge in [0.15, 0.2) is 0 Å². The number of nitrogens with one attached hydrogen (secondary N) is 1. The zero-order chi connectivity index (χ0) is 11.5. The van der Waals surface area contributed by atoms with Crippen molar-refractivity contribution >= 4 is 5.91 Å². The molecule has 0 spiro atoms. The minimum absolute atomic E-state index is 0.0416. The van der Waals surface area contributed by atoms with Crippen LogP contribution in [0.25, 0.3) is 0 Å². The molecule has 5 heteroatoms. The molecule has 1 heterocycles. The lowest BCUT2D eigenvalue weighted by molar-refractivity contribution is -0.122. The number of fused-ring (bicyclic) bond motifs is 1. The van der Waals surface area contributed by atoms with Crippen LogP contribution in [0.1, 0.15) is 12.8 Å². The van der Waals surface area contributed by atoms with Gasteiger partial charge in [-0.2, -0.15) is 0 Å². The van der Waals surface area contributed by atoms with Crippen LogP contribution in [0.3, 0.4) is 0 Å². The number of carbonyl (C=O) groups excluding carboxylic acids is 1. The molecule has 1 amide bonds. The maximum absolute atomic E-state index is 11.5. The molecule has 0 aromatic heterocycles. The second-order valence-corrected chi connectivity index (χ2v) is 4.90. The second-order valence-electron chi connectivity index (χ2n) is 4.90. The number of hydrogen-bond donors (Lipinski definition) is 3. The van der Waals surface area contributed by atoms with E-state index in [1.165, 1.54) is 0 Å². The zero-order valence-electron chi connectivity index (χ0n) is 9.56. The minimum Gasteiger partial charge on any atom is -0.393 e. The van der Waals surface area contributed by atoms with Gasteiger partial charge in [0.1, 0.15) is 0 Å². The first kappa shape index (κ1) is 11.8. The normalized spacial score (nSPS) is 34.0. The summed E-state index contributed by atoms with van der Waals surface area (Å²) in [5.41, 5.74) is 5.32. The molecule has 1 saturated carbocycles. The van der Waals surface area contributed by atoms with E-state index in [1.54, 1.807) is 0 Å². The predicted octanol–water partition coefficient (Wildman–Crippen LogP) is -1.24. The van der Waals surface area contributed by atoms with Crippen LogP contribution in [0.4, 0.5) is 0 Å². The fraction of sp³-hybridized carbons (Fsp3) is 0.909. The Balaban J connectivity index is 1.75. The molecule has 1 aliphatic carbocycles. The highest BCUT2D eigenvalue weighted by Gasteiger charge is 2.41. The average molecular weight is 227 g/mol. The van der Waals surface area contributed by atoms with Crippen molar-refractivity contribution in [3.8, 4) is 0 Å². The van der Waals surface area contributed by atoms with Crippen LogP contribution >= 0.6 is 0 Å². The summed E-state index contributed by atoms with van der Waals surface area (Å²) >= 11 is 0. The van der Waals surface area contributed by atoms with E-state index in [0.29, 0.717) is 31.5 Å². The van der Waals surface area contributed by atoms with E-state index in [9.17, 15) is 9.90 Å². The summed E-state index contributed by atoms with van der Waals surface area (Å²) in [5.74, 6) is 1.03. The first-order chi connectivity index (χ1) is 7.70. The van der Waals surface area contributed by atoms with E-state index in [1.807, 2.05) is 0 Å². The van der Waals surface area contributed by atoms with E-state index in [0.717, 1.165) is 25.9 Å². The van der Waals surface area contributed by atoms with Crippen LogP contribution in [0.15, 0.2) is 0 Å². The third-order valence-corrected chi connectivity index (χ3v) is 3.73. The summed E-state index contributed by atoms with van der Waals surface area (Å²) < 4.78 is 0. The molecule has 3 atom stereocenters. The Morgan fingerprint density at radius 3 is 2.94 bits per heavy atom. The molecule has 0 bridgehead atoms. The Morgan fingerprint density at radius 2 is 2.25 bits per heavy atom. The maximum Gasteiger partial charge on any atom is 0.234 e. The van der Waals surface area contributed by atoms with E-state index >= 15 is 0 Å². The van der Waals surface area contributed by atoms with E-state index in [4.69, 9.17) is 5.73 Å². The third-order valence-electron chi connectivity index (χ3n) is 3.73. The van der Waals surface area contributed by atoms with Crippen molar-refractivity contribution in [3.05, 3.63) is 0 Å². The number of carbonyl (C=O) groups is 1. The minimum atomic E-state index is -0.151.